The summed E-state index contributed by atoms with van der Waals surface area (Å²) in [7, 11) is 0. The van der Waals surface area contributed by atoms with Gasteiger partial charge in [-0.1, -0.05) is 55.5 Å². The summed E-state index contributed by atoms with van der Waals surface area (Å²) in [5, 5.41) is 38.9. The first-order chi connectivity index (χ1) is 13.0. The zero-order valence-electron chi connectivity index (χ0n) is 16.2. The lowest BCUT2D eigenvalue weighted by Gasteiger charge is -2.19. The quantitative estimate of drug-likeness (QED) is 0.390. The lowest BCUT2D eigenvalue weighted by atomic mass is 9.89. The van der Waals surface area contributed by atoms with E-state index < -0.39 is 24.3 Å². The Kier molecular flexibility index (Phi) is 11.7. The van der Waals surface area contributed by atoms with Crippen LogP contribution in [-0.2, 0) is 4.79 Å². The van der Waals surface area contributed by atoms with Crippen LogP contribution in [0.4, 0.5) is 0 Å². The van der Waals surface area contributed by atoms with Crippen molar-refractivity contribution in [2.75, 3.05) is 0 Å². The minimum atomic E-state index is -0.798. The molecule has 5 atom stereocenters. The Balaban J connectivity index is 2.39. The summed E-state index contributed by atoms with van der Waals surface area (Å²) in [6, 6.07) is 0. The lowest BCUT2D eigenvalue weighted by Crippen LogP contribution is -2.20. The standard InChI is InChI=1S/C22H34O5/c1-2-3-8-12-18-19(21(25)16-20(18)24)15-14-17(23)11-9-6-4-5-7-10-13-22(26)27/h3,5-9,14-15,17-21,23-25H,2,4,10-13,16H2,1H3,(H,26,27)/b7-5-,8-3-,9-6-,15-14+/t17-,18-,19-,20-,21+/m1/s1. The maximum Gasteiger partial charge on any atom is 0.303 e. The maximum absolute atomic E-state index is 10.4. The first-order valence-corrected chi connectivity index (χ1v) is 9.85. The fourth-order valence-corrected chi connectivity index (χ4v) is 3.29. The van der Waals surface area contributed by atoms with Crippen molar-refractivity contribution >= 4 is 5.97 Å². The molecular formula is C22H34O5. The van der Waals surface area contributed by atoms with Gasteiger partial charge in [-0.25, -0.2) is 0 Å². The highest BCUT2D eigenvalue weighted by Crippen LogP contribution is 2.36. The highest BCUT2D eigenvalue weighted by Gasteiger charge is 2.39. The molecule has 0 spiro atoms. The highest BCUT2D eigenvalue weighted by molar-refractivity contribution is 5.66. The van der Waals surface area contributed by atoms with Crippen molar-refractivity contribution in [1.82, 2.24) is 0 Å². The first kappa shape index (κ1) is 23.3. The van der Waals surface area contributed by atoms with Gasteiger partial charge in [-0.3, -0.25) is 4.79 Å². The first-order valence-electron chi connectivity index (χ1n) is 9.85. The van der Waals surface area contributed by atoms with E-state index >= 15 is 0 Å². The van der Waals surface area contributed by atoms with Crippen molar-refractivity contribution in [2.45, 2.75) is 70.2 Å². The molecule has 0 unspecified atom stereocenters. The van der Waals surface area contributed by atoms with Crippen molar-refractivity contribution in [3.63, 3.8) is 0 Å². The molecule has 27 heavy (non-hydrogen) atoms. The van der Waals surface area contributed by atoms with Crippen LogP contribution in [0.25, 0.3) is 0 Å². The van der Waals surface area contributed by atoms with Crippen LogP contribution in [0.5, 0.6) is 0 Å². The van der Waals surface area contributed by atoms with Gasteiger partial charge in [0.1, 0.15) is 0 Å². The minimum absolute atomic E-state index is 0.0160. The van der Waals surface area contributed by atoms with E-state index in [1.165, 1.54) is 0 Å². The molecule has 5 heteroatoms. The smallest absolute Gasteiger partial charge is 0.303 e. The van der Waals surface area contributed by atoms with Crippen LogP contribution < -0.4 is 0 Å². The third-order valence-corrected chi connectivity index (χ3v) is 4.79. The van der Waals surface area contributed by atoms with E-state index in [1.807, 2.05) is 30.4 Å². The average molecular weight is 379 g/mol. The summed E-state index contributed by atoms with van der Waals surface area (Å²) in [6.45, 7) is 2.06. The summed E-state index contributed by atoms with van der Waals surface area (Å²) >= 11 is 0. The number of allylic oxidation sites excluding steroid dienone is 5. The zero-order chi connectivity index (χ0) is 20.1. The molecule has 1 fully saturated rings. The van der Waals surface area contributed by atoms with E-state index in [-0.39, 0.29) is 18.3 Å². The molecule has 0 radical (unpaired) electrons. The topological polar surface area (TPSA) is 98.0 Å². The van der Waals surface area contributed by atoms with Crippen LogP contribution in [-0.4, -0.2) is 44.7 Å². The molecule has 0 amide bonds. The van der Waals surface area contributed by atoms with Crippen LogP contribution in [0.15, 0.2) is 48.6 Å². The summed E-state index contributed by atoms with van der Waals surface area (Å²) < 4.78 is 0. The fourth-order valence-electron chi connectivity index (χ4n) is 3.29. The third-order valence-electron chi connectivity index (χ3n) is 4.79. The molecule has 0 aliphatic heterocycles. The Morgan fingerprint density at radius 3 is 2.52 bits per heavy atom. The van der Waals surface area contributed by atoms with E-state index in [2.05, 4.69) is 19.1 Å². The van der Waals surface area contributed by atoms with E-state index in [0.29, 0.717) is 25.7 Å². The van der Waals surface area contributed by atoms with Crippen LogP contribution >= 0.6 is 0 Å². The molecular weight excluding hydrogens is 344 g/mol. The average Bonchev–Trinajstić information content (AvgIpc) is 2.88. The Morgan fingerprint density at radius 1 is 1.07 bits per heavy atom. The molecule has 1 saturated carbocycles. The molecule has 0 aromatic rings. The van der Waals surface area contributed by atoms with E-state index in [1.54, 1.807) is 6.08 Å². The van der Waals surface area contributed by atoms with Crippen molar-refractivity contribution in [3.8, 4) is 0 Å². The number of hydrogen-bond donors (Lipinski definition) is 4. The molecule has 0 aromatic heterocycles. The van der Waals surface area contributed by atoms with Gasteiger partial charge in [0.15, 0.2) is 0 Å². The van der Waals surface area contributed by atoms with Crippen molar-refractivity contribution < 1.29 is 25.2 Å². The zero-order valence-corrected chi connectivity index (χ0v) is 16.2. The van der Waals surface area contributed by atoms with Gasteiger partial charge in [0.25, 0.3) is 0 Å². The van der Waals surface area contributed by atoms with Crippen molar-refractivity contribution in [3.05, 3.63) is 48.6 Å². The van der Waals surface area contributed by atoms with E-state index in [0.717, 1.165) is 12.8 Å². The van der Waals surface area contributed by atoms with Crippen LogP contribution in [0.2, 0.25) is 0 Å². The Bertz CT molecular complexity index is 535. The summed E-state index contributed by atoms with van der Waals surface area (Å²) in [5.74, 6) is -0.955. The molecule has 0 heterocycles. The minimum Gasteiger partial charge on any atom is -0.481 e. The van der Waals surface area contributed by atoms with E-state index in [4.69, 9.17) is 5.11 Å². The van der Waals surface area contributed by atoms with Gasteiger partial charge in [-0.15, -0.1) is 0 Å². The van der Waals surface area contributed by atoms with Gasteiger partial charge >= 0.3 is 5.97 Å². The molecule has 1 aliphatic rings. The second-order valence-corrected chi connectivity index (χ2v) is 7.03. The SMILES string of the molecule is CC/C=C\C[C@@H]1[C@@H](/C=C/[C@H](O)C/C=C\C/C=C\CCC(=O)O)[C@@H](O)C[C@H]1O. The number of aliphatic hydroxyl groups is 3. The van der Waals surface area contributed by atoms with Gasteiger partial charge in [-0.05, 0) is 38.0 Å². The number of hydrogen-bond acceptors (Lipinski definition) is 4. The summed E-state index contributed by atoms with van der Waals surface area (Å²) in [4.78, 5) is 10.4. The van der Waals surface area contributed by atoms with Gasteiger partial charge in [0.2, 0.25) is 0 Å². The molecule has 0 bridgehead atoms. The number of rotatable bonds is 12. The summed E-state index contributed by atoms with van der Waals surface area (Å²) in [5.41, 5.74) is 0. The molecule has 152 valence electrons. The number of carboxylic acids is 1. The van der Waals surface area contributed by atoms with Crippen LogP contribution in [0.3, 0.4) is 0 Å². The third kappa shape index (κ3) is 9.70. The van der Waals surface area contributed by atoms with Crippen molar-refractivity contribution in [2.24, 2.45) is 11.8 Å². The Morgan fingerprint density at radius 2 is 1.81 bits per heavy atom. The molecule has 1 rings (SSSR count). The maximum atomic E-state index is 10.4. The van der Waals surface area contributed by atoms with Crippen molar-refractivity contribution in [1.29, 1.82) is 0 Å². The number of aliphatic carboxylic acids is 1. The Labute approximate surface area is 162 Å². The number of carbonyl (C=O) groups is 1. The molecule has 0 aromatic carbocycles. The second kappa shape index (κ2) is 13.5. The van der Waals surface area contributed by atoms with E-state index in [9.17, 15) is 20.1 Å². The van der Waals surface area contributed by atoms with Gasteiger partial charge < -0.3 is 20.4 Å². The molecule has 5 nitrogen and oxygen atoms in total. The molecule has 0 saturated heterocycles. The largest absolute Gasteiger partial charge is 0.481 e. The number of aliphatic hydroxyl groups excluding tert-OH is 3. The van der Waals surface area contributed by atoms with Crippen LogP contribution in [0.1, 0.15) is 51.9 Å². The van der Waals surface area contributed by atoms with Gasteiger partial charge in [-0.2, -0.15) is 0 Å². The van der Waals surface area contributed by atoms with Gasteiger partial charge in [0.05, 0.1) is 18.3 Å². The summed E-state index contributed by atoms with van der Waals surface area (Å²) in [6.07, 6.45) is 17.4. The monoisotopic (exact) mass is 378 g/mol. The predicted molar refractivity (Wildman–Crippen MR) is 107 cm³/mol. The van der Waals surface area contributed by atoms with Crippen LogP contribution in [0, 0.1) is 11.8 Å². The molecule has 4 N–H and O–H groups in total. The predicted octanol–water partition coefficient (Wildman–Crippen LogP) is 3.38. The highest BCUT2D eigenvalue weighted by atomic mass is 16.4. The fraction of sp³-hybridized carbons (Fsp3) is 0.591. The molecule has 1 aliphatic carbocycles. The normalized spacial score (nSPS) is 27.6. The Hall–Kier alpha value is -1.69. The second-order valence-electron chi connectivity index (χ2n) is 7.03. The van der Waals surface area contributed by atoms with Gasteiger partial charge in [0, 0.05) is 18.8 Å². The lowest BCUT2D eigenvalue weighted by molar-refractivity contribution is -0.136. The number of carboxylic acid groups (broad SMARTS) is 1.